The average Bonchev–Trinajstić information content (AvgIpc) is 3.71. The summed E-state index contributed by atoms with van der Waals surface area (Å²) in [7, 11) is 0. The maximum atomic E-state index is 6.47. The first-order chi connectivity index (χ1) is 23.8. The van der Waals surface area contributed by atoms with Crippen LogP contribution in [0.15, 0.2) is 162 Å². The lowest BCUT2D eigenvalue weighted by molar-refractivity contribution is 0.669. The fraction of sp³-hybridized carbons (Fsp3) is 0. The Hall–Kier alpha value is -6.59. The molecule has 3 heterocycles. The van der Waals surface area contributed by atoms with Crippen LogP contribution in [0.4, 0.5) is 0 Å². The number of para-hydroxylation sites is 2. The van der Waals surface area contributed by atoms with Crippen LogP contribution in [0, 0.1) is 0 Å². The van der Waals surface area contributed by atoms with E-state index in [1.54, 1.807) is 0 Å². The molecule has 0 saturated carbocycles. The Morgan fingerprint density at radius 2 is 1.00 bits per heavy atom. The Labute approximate surface area is 275 Å². The molecule has 224 valence electrons. The van der Waals surface area contributed by atoms with Crippen LogP contribution < -0.4 is 0 Å². The highest BCUT2D eigenvalue weighted by Gasteiger charge is 2.24. The second-order valence-electron chi connectivity index (χ2n) is 12.0. The van der Waals surface area contributed by atoms with Gasteiger partial charge in [-0.1, -0.05) is 127 Å². The van der Waals surface area contributed by atoms with Crippen LogP contribution in [0.25, 0.3) is 94.4 Å². The molecule has 5 heteroatoms. The molecule has 0 amide bonds. The second kappa shape index (κ2) is 10.5. The Bertz CT molecular complexity index is 2780. The van der Waals surface area contributed by atoms with Crippen LogP contribution in [0.2, 0.25) is 0 Å². The highest BCUT2D eigenvalue weighted by Crippen LogP contribution is 2.44. The zero-order chi connectivity index (χ0) is 31.6. The Morgan fingerprint density at radius 1 is 0.396 bits per heavy atom. The first-order valence-electron chi connectivity index (χ1n) is 16.0. The molecule has 0 radical (unpaired) electrons. The Morgan fingerprint density at radius 3 is 1.75 bits per heavy atom. The largest absolute Gasteiger partial charge is 0.456 e. The molecule has 5 nitrogen and oxygen atoms in total. The van der Waals surface area contributed by atoms with Gasteiger partial charge in [0.05, 0.1) is 22.3 Å². The van der Waals surface area contributed by atoms with E-state index in [0.717, 1.165) is 55.3 Å². The smallest absolute Gasteiger partial charge is 0.166 e. The normalized spacial score (nSPS) is 11.8. The first-order valence-corrected chi connectivity index (χ1v) is 16.0. The number of hydrogen-bond donors (Lipinski definition) is 0. The number of hydrogen-bond acceptors (Lipinski definition) is 4. The van der Waals surface area contributed by atoms with Crippen LogP contribution in [0.3, 0.4) is 0 Å². The van der Waals surface area contributed by atoms with Gasteiger partial charge in [0.25, 0.3) is 0 Å². The third-order valence-electron chi connectivity index (χ3n) is 9.25. The molecular weight excluding hydrogens is 589 g/mol. The van der Waals surface area contributed by atoms with Crippen LogP contribution >= 0.6 is 0 Å². The van der Waals surface area contributed by atoms with Crippen molar-refractivity contribution < 1.29 is 4.42 Å². The first kappa shape index (κ1) is 26.6. The molecule has 0 N–H and O–H groups in total. The number of aromatic nitrogens is 4. The van der Waals surface area contributed by atoms with Crippen molar-refractivity contribution in [2.45, 2.75) is 0 Å². The molecule has 48 heavy (non-hydrogen) atoms. The molecule has 0 fully saturated rings. The highest BCUT2D eigenvalue weighted by atomic mass is 16.3. The van der Waals surface area contributed by atoms with Gasteiger partial charge in [0.1, 0.15) is 11.2 Å². The lowest BCUT2D eigenvalue weighted by Gasteiger charge is -2.16. The molecule has 0 unspecified atom stereocenters. The summed E-state index contributed by atoms with van der Waals surface area (Å²) in [6.45, 7) is 0. The number of benzene rings is 7. The third-order valence-corrected chi connectivity index (χ3v) is 9.25. The van der Waals surface area contributed by atoms with E-state index in [9.17, 15) is 0 Å². The summed E-state index contributed by atoms with van der Waals surface area (Å²) in [5.74, 6) is 1.81. The van der Waals surface area contributed by atoms with Gasteiger partial charge in [0.2, 0.25) is 0 Å². The van der Waals surface area contributed by atoms with Crippen molar-refractivity contribution in [3.8, 4) is 39.9 Å². The van der Waals surface area contributed by atoms with Gasteiger partial charge in [0, 0.05) is 32.7 Å². The van der Waals surface area contributed by atoms with Crippen molar-refractivity contribution in [3.63, 3.8) is 0 Å². The van der Waals surface area contributed by atoms with Gasteiger partial charge in [0.15, 0.2) is 17.5 Å². The van der Waals surface area contributed by atoms with Crippen LogP contribution in [0.5, 0.6) is 0 Å². The molecule has 3 aromatic heterocycles. The minimum absolute atomic E-state index is 0.585. The average molecular weight is 615 g/mol. The van der Waals surface area contributed by atoms with E-state index < -0.39 is 0 Å². The summed E-state index contributed by atoms with van der Waals surface area (Å²) in [6.07, 6.45) is 0. The highest BCUT2D eigenvalue weighted by molar-refractivity contribution is 6.22. The summed E-state index contributed by atoms with van der Waals surface area (Å²) in [5, 5.41) is 6.83. The third kappa shape index (κ3) is 4.01. The van der Waals surface area contributed by atoms with E-state index >= 15 is 0 Å². The van der Waals surface area contributed by atoms with Crippen LogP contribution in [-0.2, 0) is 0 Å². The van der Waals surface area contributed by atoms with Gasteiger partial charge in [-0.15, -0.1) is 0 Å². The number of nitrogens with zero attached hydrogens (tertiary/aromatic N) is 4. The van der Waals surface area contributed by atoms with Gasteiger partial charge in [-0.3, -0.25) is 0 Å². The SMILES string of the molecule is c1ccc(-c2nc(-c3ccccc3)nc(-c3c(-n4c5ccccc5c5c6ccccc6ccc54)ccc4oc5ccccc5c34)n2)cc1. The molecule has 0 spiro atoms. The van der Waals surface area contributed by atoms with E-state index in [1.807, 2.05) is 72.8 Å². The fourth-order valence-corrected chi connectivity index (χ4v) is 7.14. The van der Waals surface area contributed by atoms with Crippen molar-refractivity contribution in [2.24, 2.45) is 0 Å². The fourth-order valence-electron chi connectivity index (χ4n) is 7.14. The van der Waals surface area contributed by atoms with Gasteiger partial charge in [-0.05, 0) is 41.1 Å². The molecule has 0 aliphatic carbocycles. The van der Waals surface area contributed by atoms with E-state index in [1.165, 1.54) is 21.5 Å². The molecule has 0 aliphatic heterocycles. The van der Waals surface area contributed by atoms with Crippen molar-refractivity contribution in [3.05, 3.63) is 158 Å². The van der Waals surface area contributed by atoms with Gasteiger partial charge < -0.3 is 8.98 Å². The van der Waals surface area contributed by atoms with Gasteiger partial charge in [-0.2, -0.15) is 0 Å². The molecule has 0 saturated heterocycles. The quantitative estimate of drug-likeness (QED) is 0.198. The standard InChI is InChI=1S/C43H26N4O/c1-3-14-28(15-4-1)41-44-42(29-16-5-2-6-17-29)46-43(45-41)40-35(25-26-37-39(40)32-20-10-12-22-36(32)48-37)47-33-21-11-9-19-31(33)38-30-18-8-7-13-27(30)23-24-34(38)47/h1-26H. The summed E-state index contributed by atoms with van der Waals surface area (Å²) < 4.78 is 8.83. The Balaban J connectivity index is 1.38. The molecule has 10 rings (SSSR count). The molecule has 0 atom stereocenters. The lowest BCUT2D eigenvalue weighted by atomic mass is 10.0. The van der Waals surface area contributed by atoms with Gasteiger partial charge >= 0.3 is 0 Å². The predicted molar refractivity (Wildman–Crippen MR) is 195 cm³/mol. The summed E-state index contributed by atoms with van der Waals surface area (Å²) in [5.41, 5.74) is 7.54. The number of fused-ring (bicyclic) bond motifs is 8. The van der Waals surface area contributed by atoms with Crippen molar-refractivity contribution in [1.29, 1.82) is 0 Å². The predicted octanol–water partition coefficient (Wildman–Crippen LogP) is 11.0. The number of rotatable bonds is 4. The minimum atomic E-state index is 0.585. The maximum absolute atomic E-state index is 6.47. The topological polar surface area (TPSA) is 56.7 Å². The lowest BCUT2D eigenvalue weighted by Crippen LogP contribution is -2.04. The molecule has 7 aromatic carbocycles. The van der Waals surface area contributed by atoms with Gasteiger partial charge in [-0.25, -0.2) is 15.0 Å². The van der Waals surface area contributed by atoms with Crippen LogP contribution in [-0.4, -0.2) is 19.5 Å². The maximum Gasteiger partial charge on any atom is 0.166 e. The van der Waals surface area contributed by atoms with E-state index in [2.05, 4.69) is 89.5 Å². The summed E-state index contributed by atoms with van der Waals surface area (Å²) in [4.78, 5) is 15.5. The monoisotopic (exact) mass is 614 g/mol. The van der Waals surface area contributed by atoms with Crippen LogP contribution in [0.1, 0.15) is 0 Å². The van der Waals surface area contributed by atoms with E-state index in [0.29, 0.717) is 17.5 Å². The minimum Gasteiger partial charge on any atom is -0.456 e. The van der Waals surface area contributed by atoms with E-state index in [-0.39, 0.29) is 0 Å². The molecule has 10 aromatic rings. The zero-order valence-electron chi connectivity index (χ0n) is 25.7. The molecule has 0 bridgehead atoms. The molecular formula is C43H26N4O. The Kier molecular flexibility index (Phi) is 5.81. The zero-order valence-corrected chi connectivity index (χ0v) is 25.7. The summed E-state index contributed by atoms with van der Waals surface area (Å²) in [6, 6.07) is 54.3. The number of furan rings is 1. The van der Waals surface area contributed by atoms with Crippen molar-refractivity contribution in [1.82, 2.24) is 19.5 Å². The molecule has 0 aliphatic rings. The van der Waals surface area contributed by atoms with Crippen molar-refractivity contribution >= 4 is 54.5 Å². The second-order valence-corrected chi connectivity index (χ2v) is 12.0. The summed E-state index contributed by atoms with van der Waals surface area (Å²) >= 11 is 0. The van der Waals surface area contributed by atoms with E-state index in [4.69, 9.17) is 19.4 Å². The van der Waals surface area contributed by atoms with Crippen molar-refractivity contribution in [2.75, 3.05) is 0 Å².